The van der Waals surface area contributed by atoms with E-state index < -0.39 is 17.5 Å². The quantitative estimate of drug-likeness (QED) is 0.695. The van der Waals surface area contributed by atoms with Gasteiger partial charge in [-0.15, -0.1) is 11.3 Å². The van der Waals surface area contributed by atoms with Crippen LogP contribution in [0.1, 0.15) is 30.2 Å². The van der Waals surface area contributed by atoms with Crippen LogP contribution in [0.3, 0.4) is 0 Å². The number of urea groups is 1. The molecule has 130 valence electrons. The van der Waals surface area contributed by atoms with Crippen LogP contribution in [0.4, 0.5) is 10.5 Å². The lowest BCUT2D eigenvalue weighted by Gasteiger charge is -2.21. The summed E-state index contributed by atoms with van der Waals surface area (Å²) in [5.74, 6) is -0.476. The molecular formula is C18H19N3O3S. The summed E-state index contributed by atoms with van der Waals surface area (Å²) in [6, 6.07) is 10.5. The first-order valence-electron chi connectivity index (χ1n) is 8.04. The highest BCUT2D eigenvalue weighted by Crippen LogP contribution is 2.26. The second-order valence-corrected chi connectivity index (χ2v) is 7.13. The lowest BCUT2D eigenvalue weighted by Crippen LogP contribution is -2.40. The van der Waals surface area contributed by atoms with Gasteiger partial charge in [-0.3, -0.25) is 14.9 Å². The van der Waals surface area contributed by atoms with E-state index in [1.807, 2.05) is 11.4 Å². The number of thiophene rings is 1. The van der Waals surface area contributed by atoms with Crippen molar-refractivity contribution in [3.05, 3.63) is 52.2 Å². The van der Waals surface area contributed by atoms with Gasteiger partial charge in [0.2, 0.25) is 5.91 Å². The van der Waals surface area contributed by atoms with Crippen LogP contribution in [-0.2, 0) is 21.5 Å². The number of hydrogen-bond donors (Lipinski definition) is 3. The smallest absolute Gasteiger partial charge is 0.322 e. The molecule has 3 N–H and O–H groups in total. The highest BCUT2D eigenvalue weighted by Gasteiger charge is 2.43. The molecule has 4 amide bonds. The average molecular weight is 357 g/mol. The number of anilines is 1. The lowest BCUT2D eigenvalue weighted by molar-refractivity contribution is -0.123. The van der Waals surface area contributed by atoms with Crippen LogP contribution in [0.15, 0.2) is 41.8 Å². The van der Waals surface area contributed by atoms with Crippen LogP contribution in [0.2, 0.25) is 0 Å². The SMILES string of the molecule is C[C@]1(c2cccc(NC(=O)CCCc3cccs3)c2)NC(=O)NC1=O. The summed E-state index contributed by atoms with van der Waals surface area (Å²) in [7, 11) is 0. The average Bonchev–Trinajstić information content (AvgIpc) is 3.16. The molecule has 1 aromatic carbocycles. The van der Waals surface area contributed by atoms with E-state index in [9.17, 15) is 14.4 Å². The number of nitrogens with one attached hydrogen (secondary N) is 3. The second-order valence-electron chi connectivity index (χ2n) is 6.10. The molecule has 1 aromatic heterocycles. The summed E-state index contributed by atoms with van der Waals surface area (Å²) in [6.07, 6.45) is 2.09. The van der Waals surface area contributed by atoms with E-state index in [0.717, 1.165) is 12.8 Å². The second kappa shape index (κ2) is 7.06. The molecule has 1 atom stereocenters. The molecule has 0 spiro atoms. The Labute approximate surface area is 149 Å². The maximum absolute atomic E-state index is 12.1. The van der Waals surface area contributed by atoms with Crippen molar-refractivity contribution in [1.29, 1.82) is 0 Å². The minimum Gasteiger partial charge on any atom is -0.326 e. The fourth-order valence-electron chi connectivity index (χ4n) is 2.76. The van der Waals surface area contributed by atoms with Gasteiger partial charge in [0, 0.05) is 17.0 Å². The van der Waals surface area contributed by atoms with E-state index in [1.54, 1.807) is 42.5 Å². The van der Waals surface area contributed by atoms with Crippen LogP contribution >= 0.6 is 11.3 Å². The minimum absolute atomic E-state index is 0.0706. The molecule has 1 fully saturated rings. The van der Waals surface area contributed by atoms with Crippen molar-refractivity contribution in [2.24, 2.45) is 0 Å². The summed E-state index contributed by atoms with van der Waals surface area (Å²) in [5, 5.41) is 9.72. The molecule has 1 aliphatic rings. The Morgan fingerprint density at radius 3 is 2.76 bits per heavy atom. The third kappa shape index (κ3) is 3.88. The minimum atomic E-state index is -1.13. The predicted molar refractivity (Wildman–Crippen MR) is 96.4 cm³/mol. The van der Waals surface area contributed by atoms with Gasteiger partial charge in [0.15, 0.2) is 0 Å². The first kappa shape index (κ1) is 17.2. The fraction of sp³-hybridized carbons (Fsp3) is 0.278. The van der Waals surface area contributed by atoms with Gasteiger partial charge in [0.1, 0.15) is 5.54 Å². The first-order chi connectivity index (χ1) is 12.0. The van der Waals surface area contributed by atoms with Crippen LogP contribution in [0, 0.1) is 0 Å². The van der Waals surface area contributed by atoms with Gasteiger partial charge in [-0.1, -0.05) is 18.2 Å². The first-order valence-corrected chi connectivity index (χ1v) is 8.92. The third-order valence-corrected chi connectivity index (χ3v) is 5.11. The molecule has 0 unspecified atom stereocenters. The monoisotopic (exact) mass is 357 g/mol. The Hall–Kier alpha value is -2.67. The standard InChI is InChI=1S/C18H19N3O3S/c1-18(16(23)20-17(24)21-18)12-5-2-6-13(11-12)19-15(22)9-3-7-14-8-4-10-25-14/h2,4-6,8,10-11H,3,7,9H2,1H3,(H,19,22)(H2,20,21,23,24)/t18-/m1/s1. The van der Waals surface area contributed by atoms with Gasteiger partial charge in [-0.25, -0.2) is 4.79 Å². The van der Waals surface area contributed by atoms with Crippen LogP contribution < -0.4 is 16.0 Å². The van der Waals surface area contributed by atoms with E-state index in [0.29, 0.717) is 17.7 Å². The maximum Gasteiger partial charge on any atom is 0.322 e. The van der Waals surface area contributed by atoms with E-state index in [4.69, 9.17) is 0 Å². The topological polar surface area (TPSA) is 87.3 Å². The van der Waals surface area contributed by atoms with Gasteiger partial charge in [0.05, 0.1) is 0 Å². The van der Waals surface area contributed by atoms with Gasteiger partial charge in [-0.05, 0) is 48.9 Å². The molecule has 0 aliphatic carbocycles. The van der Waals surface area contributed by atoms with Crippen molar-refractivity contribution < 1.29 is 14.4 Å². The van der Waals surface area contributed by atoms with Crippen molar-refractivity contribution in [1.82, 2.24) is 10.6 Å². The largest absolute Gasteiger partial charge is 0.326 e. The summed E-state index contributed by atoms with van der Waals surface area (Å²) in [4.78, 5) is 36.8. The van der Waals surface area contributed by atoms with E-state index in [1.165, 1.54) is 4.88 Å². The number of carbonyl (C=O) groups is 3. The number of imide groups is 1. The van der Waals surface area contributed by atoms with Crippen LogP contribution in [-0.4, -0.2) is 17.8 Å². The molecule has 0 saturated carbocycles. The Morgan fingerprint density at radius 2 is 2.08 bits per heavy atom. The normalized spacial score (nSPS) is 19.4. The molecule has 25 heavy (non-hydrogen) atoms. The number of hydrogen-bond acceptors (Lipinski definition) is 4. The zero-order valence-electron chi connectivity index (χ0n) is 13.8. The molecule has 1 saturated heterocycles. The summed E-state index contributed by atoms with van der Waals surface area (Å²) in [5.41, 5.74) is 0.0952. The molecule has 0 radical (unpaired) electrons. The van der Waals surface area contributed by atoms with Gasteiger partial charge < -0.3 is 10.6 Å². The highest BCUT2D eigenvalue weighted by molar-refractivity contribution is 7.09. The van der Waals surface area contributed by atoms with Gasteiger partial charge >= 0.3 is 6.03 Å². The van der Waals surface area contributed by atoms with E-state index in [2.05, 4.69) is 22.0 Å². The Balaban J connectivity index is 1.60. The number of carbonyl (C=O) groups excluding carboxylic acids is 3. The Bertz CT molecular complexity index is 804. The number of benzene rings is 1. The lowest BCUT2D eigenvalue weighted by atomic mass is 9.92. The summed E-state index contributed by atoms with van der Waals surface area (Å²) >= 11 is 1.69. The highest BCUT2D eigenvalue weighted by atomic mass is 32.1. The van der Waals surface area contributed by atoms with Crippen molar-refractivity contribution >= 4 is 34.9 Å². The summed E-state index contributed by atoms with van der Waals surface area (Å²) < 4.78 is 0. The molecule has 2 aromatic rings. The third-order valence-electron chi connectivity index (χ3n) is 4.18. The number of rotatable bonds is 6. The summed E-state index contributed by atoms with van der Waals surface area (Å²) in [6.45, 7) is 1.63. The molecule has 3 rings (SSSR count). The fourth-order valence-corrected chi connectivity index (χ4v) is 3.51. The van der Waals surface area contributed by atoms with Crippen molar-refractivity contribution in [3.63, 3.8) is 0 Å². The van der Waals surface area contributed by atoms with Gasteiger partial charge in [0.25, 0.3) is 5.91 Å². The molecule has 0 bridgehead atoms. The van der Waals surface area contributed by atoms with Crippen molar-refractivity contribution in [3.8, 4) is 0 Å². The Morgan fingerprint density at radius 1 is 1.24 bits per heavy atom. The van der Waals surface area contributed by atoms with E-state index >= 15 is 0 Å². The van der Waals surface area contributed by atoms with Crippen LogP contribution in [0.5, 0.6) is 0 Å². The molecular weight excluding hydrogens is 338 g/mol. The van der Waals surface area contributed by atoms with Gasteiger partial charge in [-0.2, -0.15) is 0 Å². The molecule has 6 nitrogen and oxygen atoms in total. The number of aryl methyl sites for hydroxylation is 1. The zero-order valence-corrected chi connectivity index (χ0v) is 14.6. The molecule has 7 heteroatoms. The van der Waals surface area contributed by atoms with E-state index in [-0.39, 0.29) is 5.91 Å². The predicted octanol–water partition coefficient (Wildman–Crippen LogP) is 2.76. The number of amides is 4. The van der Waals surface area contributed by atoms with Crippen molar-refractivity contribution in [2.45, 2.75) is 31.7 Å². The molecule has 2 heterocycles. The maximum atomic E-state index is 12.1. The molecule has 1 aliphatic heterocycles. The zero-order chi connectivity index (χ0) is 17.9. The van der Waals surface area contributed by atoms with Crippen LogP contribution in [0.25, 0.3) is 0 Å². The van der Waals surface area contributed by atoms with Crippen molar-refractivity contribution in [2.75, 3.05) is 5.32 Å². The Kier molecular flexibility index (Phi) is 4.85.